The van der Waals surface area contributed by atoms with Crippen LogP contribution in [0.1, 0.15) is 40.2 Å². The monoisotopic (exact) mass is 693 g/mol. The number of ether oxygens (including phenoxy) is 1. The molecule has 0 aromatic heterocycles. The predicted molar refractivity (Wildman–Crippen MR) is 167 cm³/mol. The molecule has 0 aliphatic rings. The fraction of sp³-hybridized carbons (Fsp3) is 0.242. The average molecular weight is 695 g/mol. The largest absolute Gasteiger partial charge is 0.494 e. The van der Waals surface area contributed by atoms with Crippen molar-refractivity contribution in [2.24, 2.45) is 0 Å². The lowest BCUT2D eigenvalue weighted by atomic mass is 9.90. The van der Waals surface area contributed by atoms with Crippen LogP contribution in [0.3, 0.4) is 0 Å². The third kappa shape index (κ3) is 9.22. The van der Waals surface area contributed by atoms with E-state index in [0.29, 0.717) is 52.5 Å². The molecule has 43 heavy (non-hydrogen) atoms. The van der Waals surface area contributed by atoms with E-state index in [9.17, 15) is 18.0 Å². The first-order valence-corrected chi connectivity index (χ1v) is 15.1. The first kappa shape index (κ1) is 32.9. The van der Waals surface area contributed by atoms with Gasteiger partial charge in [-0.3, -0.25) is 9.69 Å². The van der Waals surface area contributed by atoms with Gasteiger partial charge in [0, 0.05) is 35.0 Å². The highest BCUT2D eigenvalue weighted by atomic mass is 79.9. The molecule has 4 aromatic carbocycles. The summed E-state index contributed by atoms with van der Waals surface area (Å²) in [4.78, 5) is 13.2. The van der Waals surface area contributed by atoms with E-state index in [1.165, 1.54) is 6.07 Å². The number of nitrogens with zero attached hydrogens (tertiary/aromatic N) is 1. The summed E-state index contributed by atoms with van der Waals surface area (Å²) in [6.45, 7) is 1.43. The first-order chi connectivity index (χ1) is 20.5. The third-order valence-electron chi connectivity index (χ3n) is 6.95. The van der Waals surface area contributed by atoms with Crippen molar-refractivity contribution in [2.45, 2.75) is 31.5 Å². The molecule has 4 aromatic rings. The smallest absolute Gasteiger partial charge is 0.417 e. The van der Waals surface area contributed by atoms with Crippen LogP contribution in [0.25, 0.3) is 0 Å². The molecule has 0 radical (unpaired) electrons. The van der Waals surface area contributed by atoms with Crippen molar-refractivity contribution in [3.05, 3.63) is 133 Å². The molecule has 0 amide bonds. The van der Waals surface area contributed by atoms with Gasteiger partial charge in [-0.15, -0.1) is 0 Å². The Morgan fingerprint density at radius 1 is 0.930 bits per heavy atom. The van der Waals surface area contributed by atoms with Gasteiger partial charge in [0.05, 0.1) is 23.6 Å². The molecule has 1 atom stereocenters. The van der Waals surface area contributed by atoms with Gasteiger partial charge in [0.1, 0.15) is 5.75 Å². The van der Waals surface area contributed by atoms with E-state index in [4.69, 9.17) is 33.0 Å². The lowest BCUT2D eigenvalue weighted by Gasteiger charge is -2.29. The quantitative estimate of drug-likeness (QED) is 0.142. The Morgan fingerprint density at radius 3 is 2.35 bits per heavy atom. The molecule has 0 heterocycles. The maximum absolute atomic E-state index is 13.6. The summed E-state index contributed by atoms with van der Waals surface area (Å²) in [7, 11) is 0. The van der Waals surface area contributed by atoms with Crippen LogP contribution in [-0.4, -0.2) is 35.7 Å². The van der Waals surface area contributed by atoms with Crippen molar-refractivity contribution >= 4 is 45.1 Å². The standard InChI is InChI=1S/C33H29BrCl2F3NO3/c34-29-15-14-25(18-24(29)19-31(41)42)43-17-7-16-40(20-23-10-6-12-28(32(23)36)33(37,38)39)21-27(22-8-2-1-3-9-22)26-11-4-5-13-30(26)35/h1-6,8-15,18,27H,7,16-17,19-21H2,(H,41,42). The predicted octanol–water partition coefficient (Wildman–Crippen LogP) is 9.50. The minimum atomic E-state index is -4.57. The van der Waals surface area contributed by atoms with Gasteiger partial charge in [-0.25, -0.2) is 0 Å². The van der Waals surface area contributed by atoms with Crippen molar-refractivity contribution in [1.29, 1.82) is 0 Å². The fourth-order valence-electron chi connectivity index (χ4n) is 4.90. The second-order valence-electron chi connectivity index (χ2n) is 10.0. The zero-order chi connectivity index (χ0) is 31.0. The molecule has 1 unspecified atom stereocenters. The SMILES string of the molecule is O=C(O)Cc1cc(OCCCN(Cc2cccc(C(F)(F)F)c2Cl)CC(c2ccccc2)c2ccccc2Cl)ccc1Br. The Balaban J connectivity index is 1.58. The Bertz CT molecular complexity index is 1540. The maximum atomic E-state index is 13.6. The van der Waals surface area contributed by atoms with Crippen molar-refractivity contribution in [3.63, 3.8) is 0 Å². The molecular formula is C33H29BrCl2F3NO3. The van der Waals surface area contributed by atoms with Gasteiger partial charge in [-0.05, 0) is 59.0 Å². The molecule has 10 heteroatoms. The number of carboxylic acids is 1. The Morgan fingerprint density at radius 2 is 1.65 bits per heavy atom. The van der Waals surface area contributed by atoms with Crippen LogP contribution in [0, 0.1) is 0 Å². The average Bonchev–Trinajstić information content (AvgIpc) is 2.96. The zero-order valence-corrected chi connectivity index (χ0v) is 26.1. The second kappa shape index (κ2) is 15.1. The number of hydrogen-bond acceptors (Lipinski definition) is 3. The highest BCUT2D eigenvalue weighted by Gasteiger charge is 2.34. The number of rotatable bonds is 13. The number of carboxylic acid groups (broad SMARTS) is 1. The van der Waals surface area contributed by atoms with E-state index in [-0.39, 0.29) is 23.9 Å². The van der Waals surface area contributed by atoms with Gasteiger partial charge < -0.3 is 9.84 Å². The number of halogens is 6. The second-order valence-corrected chi connectivity index (χ2v) is 11.7. The summed E-state index contributed by atoms with van der Waals surface area (Å²) >= 11 is 16.3. The minimum absolute atomic E-state index is 0.147. The number of aliphatic carboxylic acids is 1. The van der Waals surface area contributed by atoms with Crippen molar-refractivity contribution in [3.8, 4) is 5.75 Å². The number of hydrogen-bond donors (Lipinski definition) is 1. The number of carbonyl (C=O) groups is 1. The van der Waals surface area contributed by atoms with Crippen LogP contribution in [-0.2, 0) is 23.9 Å². The van der Waals surface area contributed by atoms with Crippen LogP contribution in [0.15, 0.2) is 95.5 Å². The van der Waals surface area contributed by atoms with Crippen LogP contribution < -0.4 is 4.74 Å². The normalized spacial score (nSPS) is 12.3. The van der Waals surface area contributed by atoms with Gasteiger partial charge in [0.25, 0.3) is 0 Å². The summed E-state index contributed by atoms with van der Waals surface area (Å²) in [5.74, 6) is -0.580. The van der Waals surface area contributed by atoms with Crippen LogP contribution in [0.2, 0.25) is 10.0 Å². The lowest BCUT2D eigenvalue weighted by Crippen LogP contribution is -2.31. The maximum Gasteiger partial charge on any atom is 0.417 e. The molecule has 4 rings (SSSR count). The highest BCUT2D eigenvalue weighted by Crippen LogP contribution is 2.37. The number of benzene rings is 4. The molecule has 226 valence electrons. The van der Waals surface area contributed by atoms with Gasteiger partial charge >= 0.3 is 12.1 Å². The highest BCUT2D eigenvalue weighted by molar-refractivity contribution is 9.10. The zero-order valence-electron chi connectivity index (χ0n) is 23.0. The van der Waals surface area contributed by atoms with E-state index in [2.05, 4.69) is 20.8 Å². The van der Waals surface area contributed by atoms with Gasteiger partial charge in [-0.1, -0.05) is 99.8 Å². The summed E-state index contributed by atoms with van der Waals surface area (Å²) in [6.07, 6.45) is -4.17. The summed E-state index contributed by atoms with van der Waals surface area (Å²) in [6, 6.07) is 26.5. The lowest BCUT2D eigenvalue weighted by molar-refractivity contribution is -0.138. The van der Waals surface area contributed by atoms with E-state index in [1.54, 1.807) is 24.3 Å². The van der Waals surface area contributed by atoms with Crippen molar-refractivity contribution < 1.29 is 27.8 Å². The first-order valence-electron chi connectivity index (χ1n) is 13.5. The van der Waals surface area contributed by atoms with Crippen LogP contribution >= 0.6 is 39.1 Å². The summed E-state index contributed by atoms with van der Waals surface area (Å²) in [5, 5.41) is 9.45. The molecule has 0 aliphatic carbocycles. The molecule has 0 aliphatic heterocycles. The Hall–Kier alpha value is -3.04. The molecule has 1 N–H and O–H groups in total. The number of alkyl halides is 3. The summed E-state index contributed by atoms with van der Waals surface area (Å²) < 4.78 is 47.5. The van der Waals surface area contributed by atoms with E-state index >= 15 is 0 Å². The Kier molecular flexibility index (Phi) is 11.5. The van der Waals surface area contributed by atoms with E-state index in [1.807, 2.05) is 54.6 Å². The molecule has 0 saturated carbocycles. The molecule has 0 fully saturated rings. The molecule has 0 spiro atoms. The molecule has 0 bridgehead atoms. The summed E-state index contributed by atoms with van der Waals surface area (Å²) in [5.41, 5.74) is 2.03. The molecule has 0 saturated heterocycles. The molecule has 4 nitrogen and oxygen atoms in total. The fourth-order valence-corrected chi connectivity index (χ4v) is 5.85. The van der Waals surface area contributed by atoms with Gasteiger partial charge in [0.15, 0.2) is 0 Å². The van der Waals surface area contributed by atoms with Gasteiger partial charge in [-0.2, -0.15) is 13.2 Å². The third-order valence-corrected chi connectivity index (χ3v) is 8.51. The Labute approximate surface area is 267 Å². The topological polar surface area (TPSA) is 49.8 Å². The van der Waals surface area contributed by atoms with E-state index in [0.717, 1.165) is 17.2 Å². The van der Waals surface area contributed by atoms with Gasteiger partial charge in [0.2, 0.25) is 0 Å². The molecular weight excluding hydrogens is 666 g/mol. The van der Waals surface area contributed by atoms with Crippen LogP contribution in [0.4, 0.5) is 13.2 Å². The van der Waals surface area contributed by atoms with Crippen molar-refractivity contribution in [2.75, 3.05) is 19.7 Å². The minimum Gasteiger partial charge on any atom is -0.494 e. The van der Waals surface area contributed by atoms with E-state index < -0.39 is 17.7 Å². The van der Waals surface area contributed by atoms with Crippen LogP contribution in [0.5, 0.6) is 5.75 Å². The van der Waals surface area contributed by atoms with Crippen molar-refractivity contribution in [1.82, 2.24) is 4.90 Å².